The molecule has 1 N–H and O–H groups in total. The summed E-state index contributed by atoms with van der Waals surface area (Å²) in [5, 5.41) is 2.55. The van der Waals surface area contributed by atoms with Crippen molar-refractivity contribution >= 4 is 13.7 Å². The zero-order valence-electron chi connectivity index (χ0n) is 12.3. The number of hydrogen-bond acceptors (Lipinski definition) is 5. The third kappa shape index (κ3) is 7.35. The first-order valence-electron chi connectivity index (χ1n) is 6.44. The average Bonchev–Trinajstić information content (AvgIpc) is 2.28. The van der Waals surface area contributed by atoms with Crippen molar-refractivity contribution in [1.82, 2.24) is 5.09 Å². The van der Waals surface area contributed by atoms with E-state index in [9.17, 15) is 9.36 Å². The second-order valence-electron chi connectivity index (χ2n) is 3.99. The molecule has 0 aromatic rings. The fraction of sp³-hybridized carbons (Fsp3) is 0.750. The first-order valence-corrected chi connectivity index (χ1v) is 7.99. The molecular weight excluding hydrogens is 269 g/mol. The molecule has 112 valence electrons. The highest BCUT2D eigenvalue weighted by molar-refractivity contribution is 7.51. The van der Waals surface area contributed by atoms with Gasteiger partial charge in [-0.2, -0.15) is 0 Å². The number of nitrogens with one attached hydrogen (secondary N) is 1. The number of rotatable bonds is 9. The van der Waals surface area contributed by atoms with E-state index >= 15 is 0 Å². The normalized spacial score (nSPS) is 12.6. The fourth-order valence-corrected chi connectivity index (χ4v) is 2.63. The van der Waals surface area contributed by atoms with Crippen LogP contribution in [-0.4, -0.2) is 25.8 Å². The summed E-state index contributed by atoms with van der Waals surface area (Å²) in [6.07, 6.45) is 1.63. The number of esters is 1. The van der Waals surface area contributed by atoms with Crippen molar-refractivity contribution in [3.05, 3.63) is 11.8 Å². The van der Waals surface area contributed by atoms with Crippen molar-refractivity contribution in [2.24, 2.45) is 5.92 Å². The van der Waals surface area contributed by atoms with Crippen LogP contribution in [0.2, 0.25) is 0 Å². The molecule has 0 saturated carbocycles. The summed E-state index contributed by atoms with van der Waals surface area (Å²) in [6, 6.07) is 0. The molecule has 0 aromatic carbocycles. The monoisotopic (exact) mass is 293 g/mol. The minimum absolute atomic E-state index is 0.0867. The number of allylic oxidation sites excluding steroid dienone is 1. The Balaban J connectivity index is 5.07. The summed E-state index contributed by atoms with van der Waals surface area (Å²) >= 11 is 0. The van der Waals surface area contributed by atoms with E-state index < -0.39 is 13.7 Å². The van der Waals surface area contributed by atoms with Gasteiger partial charge in [0.05, 0.1) is 19.8 Å². The summed E-state index contributed by atoms with van der Waals surface area (Å²) in [4.78, 5) is 11.8. The summed E-state index contributed by atoms with van der Waals surface area (Å²) in [7, 11) is -3.53. The molecule has 0 aliphatic rings. The lowest BCUT2D eigenvalue weighted by Crippen LogP contribution is -2.23. The lowest BCUT2D eigenvalue weighted by Gasteiger charge is -2.20. The van der Waals surface area contributed by atoms with Crippen molar-refractivity contribution in [1.29, 1.82) is 0 Å². The van der Waals surface area contributed by atoms with Crippen molar-refractivity contribution in [3.63, 3.8) is 0 Å². The van der Waals surface area contributed by atoms with E-state index in [4.69, 9.17) is 13.8 Å². The third-order valence-electron chi connectivity index (χ3n) is 1.85. The Morgan fingerprint density at radius 3 is 2.05 bits per heavy atom. The second kappa shape index (κ2) is 9.13. The summed E-state index contributed by atoms with van der Waals surface area (Å²) in [6.45, 7) is 9.55. The molecule has 0 fully saturated rings. The van der Waals surface area contributed by atoms with Crippen molar-refractivity contribution < 1.29 is 23.1 Å². The summed E-state index contributed by atoms with van der Waals surface area (Å²) in [5.41, 5.74) is 0.0992. The molecular formula is C12H24NO5P. The van der Waals surface area contributed by atoms with E-state index in [-0.39, 0.29) is 31.4 Å². The predicted molar refractivity (Wildman–Crippen MR) is 73.5 cm³/mol. The number of ether oxygens (including phenoxy) is 1. The maximum absolute atomic E-state index is 12.3. The summed E-state index contributed by atoms with van der Waals surface area (Å²) in [5.74, 6) is -0.487. The average molecular weight is 293 g/mol. The van der Waals surface area contributed by atoms with E-state index in [1.165, 1.54) is 0 Å². The van der Waals surface area contributed by atoms with Gasteiger partial charge in [-0.3, -0.25) is 14.1 Å². The molecule has 0 heterocycles. The Morgan fingerprint density at radius 2 is 1.68 bits per heavy atom. The molecule has 0 aromatic heterocycles. The first kappa shape index (κ1) is 18.2. The van der Waals surface area contributed by atoms with Crippen LogP contribution < -0.4 is 5.09 Å². The first-order chi connectivity index (χ1) is 8.88. The van der Waals surface area contributed by atoms with E-state index in [2.05, 4.69) is 5.09 Å². The quantitative estimate of drug-likeness (QED) is 0.400. The Labute approximate surface area is 115 Å². The Hall–Kier alpha value is -0.840. The van der Waals surface area contributed by atoms with Crippen LogP contribution in [0.15, 0.2) is 11.8 Å². The van der Waals surface area contributed by atoms with Gasteiger partial charge >= 0.3 is 13.7 Å². The van der Waals surface area contributed by atoms with E-state index in [0.29, 0.717) is 0 Å². The van der Waals surface area contributed by atoms with Gasteiger partial charge in [0.25, 0.3) is 0 Å². The molecule has 0 aliphatic heterocycles. The van der Waals surface area contributed by atoms with Crippen LogP contribution in [0, 0.1) is 5.92 Å². The molecule has 19 heavy (non-hydrogen) atoms. The largest absolute Gasteiger partial charge is 0.461 e. The molecule has 0 spiro atoms. The van der Waals surface area contributed by atoms with Gasteiger partial charge in [-0.15, -0.1) is 0 Å². The smallest absolute Gasteiger partial charge is 0.432 e. The van der Waals surface area contributed by atoms with Gasteiger partial charge in [0.2, 0.25) is 0 Å². The van der Waals surface area contributed by atoms with Crippen molar-refractivity contribution in [3.8, 4) is 0 Å². The number of hydrogen-bond donors (Lipinski definition) is 1. The van der Waals surface area contributed by atoms with Gasteiger partial charge in [-0.05, 0) is 26.7 Å². The maximum Gasteiger partial charge on any atom is 0.432 e. The Morgan fingerprint density at radius 1 is 1.16 bits per heavy atom. The van der Waals surface area contributed by atoms with Crippen LogP contribution in [0.1, 0.15) is 34.6 Å². The van der Waals surface area contributed by atoms with Gasteiger partial charge < -0.3 is 4.74 Å². The number of carbonyl (C=O) groups is 1. The van der Waals surface area contributed by atoms with Crippen LogP contribution in [0.5, 0.6) is 0 Å². The van der Waals surface area contributed by atoms with Crippen LogP contribution in [-0.2, 0) is 23.1 Å². The Bertz CT molecular complexity index is 344. The van der Waals surface area contributed by atoms with Crippen LogP contribution in [0.3, 0.4) is 0 Å². The highest BCUT2D eigenvalue weighted by atomic mass is 31.2. The minimum Gasteiger partial charge on any atom is -0.461 e. The van der Waals surface area contributed by atoms with Crippen molar-refractivity contribution in [2.45, 2.75) is 34.6 Å². The van der Waals surface area contributed by atoms with Crippen LogP contribution in [0.25, 0.3) is 0 Å². The molecule has 0 unspecified atom stereocenters. The van der Waals surface area contributed by atoms with Gasteiger partial charge in [-0.25, -0.2) is 9.36 Å². The van der Waals surface area contributed by atoms with E-state index in [0.717, 1.165) is 0 Å². The molecule has 0 atom stereocenters. The summed E-state index contributed by atoms with van der Waals surface area (Å²) < 4.78 is 27.4. The highest BCUT2D eigenvalue weighted by Gasteiger charge is 2.27. The topological polar surface area (TPSA) is 73.9 Å². The molecule has 0 amide bonds. The molecule has 0 saturated heterocycles. The fourth-order valence-electron chi connectivity index (χ4n) is 1.28. The standard InChI is InChI=1S/C12H24NO5P/c1-6-16-12(14)11(9-10(4)5)13-19(15,17-7-2)18-8-3/h9-10H,6-8H2,1-5H3,(H,13,15)/b11-9+. The lowest BCUT2D eigenvalue weighted by atomic mass is 10.2. The number of carbonyl (C=O) groups excluding carboxylic acids is 1. The maximum atomic E-state index is 12.3. The van der Waals surface area contributed by atoms with Gasteiger partial charge in [0, 0.05) is 0 Å². The minimum atomic E-state index is -3.53. The molecule has 6 nitrogen and oxygen atoms in total. The van der Waals surface area contributed by atoms with Gasteiger partial charge in [0.15, 0.2) is 0 Å². The van der Waals surface area contributed by atoms with Gasteiger partial charge in [-0.1, -0.05) is 19.9 Å². The van der Waals surface area contributed by atoms with E-state index in [1.807, 2.05) is 13.8 Å². The Kier molecular flexibility index (Phi) is 8.72. The zero-order chi connectivity index (χ0) is 14.9. The molecule has 7 heteroatoms. The molecule has 0 radical (unpaired) electrons. The molecule has 0 aliphatic carbocycles. The lowest BCUT2D eigenvalue weighted by molar-refractivity contribution is -0.138. The molecule has 0 bridgehead atoms. The van der Waals surface area contributed by atoms with Crippen molar-refractivity contribution in [2.75, 3.05) is 19.8 Å². The molecule has 0 rings (SSSR count). The van der Waals surface area contributed by atoms with Crippen LogP contribution >= 0.6 is 7.75 Å². The van der Waals surface area contributed by atoms with Gasteiger partial charge in [0.1, 0.15) is 5.70 Å². The highest BCUT2D eigenvalue weighted by Crippen LogP contribution is 2.44. The predicted octanol–water partition coefficient (Wildman–Crippen LogP) is 2.86. The third-order valence-corrected chi connectivity index (χ3v) is 3.56. The second-order valence-corrected chi connectivity index (χ2v) is 5.72. The van der Waals surface area contributed by atoms with Crippen LogP contribution in [0.4, 0.5) is 0 Å². The van der Waals surface area contributed by atoms with E-state index in [1.54, 1.807) is 26.8 Å². The zero-order valence-corrected chi connectivity index (χ0v) is 13.2. The SMILES string of the molecule is CCOC(=O)/C(=C\C(C)C)NP(=O)(OCC)OCC.